The van der Waals surface area contributed by atoms with E-state index in [2.05, 4.69) is 138 Å². The average Bonchev–Trinajstić information content (AvgIpc) is 3.31. The number of aromatic nitrogens is 1. The van der Waals surface area contributed by atoms with Crippen LogP contribution in [0.3, 0.4) is 0 Å². The van der Waals surface area contributed by atoms with Crippen molar-refractivity contribution in [1.82, 2.24) is 4.98 Å². The molecule has 0 aliphatic rings. The fourth-order valence-corrected chi connectivity index (χ4v) is 6.86. The number of hydrogen-bond acceptors (Lipinski definition) is 1. The van der Waals surface area contributed by atoms with Crippen LogP contribution in [0.25, 0.3) is 89.1 Å². The molecule has 9 aromatic rings. The minimum absolute atomic E-state index is 0.0730. The zero-order chi connectivity index (χ0) is 42.2. The van der Waals surface area contributed by atoms with Gasteiger partial charge in [0, 0.05) is 11.7 Å². The van der Waals surface area contributed by atoms with Crippen molar-refractivity contribution in [2.24, 2.45) is 0 Å². The van der Waals surface area contributed by atoms with Crippen molar-refractivity contribution in [3.8, 4) is 89.1 Å². The Morgan fingerprint density at radius 1 is 0.278 bits per heavy atom. The van der Waals surface area contributed by atoms with Crippen molar-refractivity contribution in [3.05, 3.63) is 224 Å². The second-order valence-electron chi connectivity index (χ2n) is 13.1. The van der Waals surface area contributed by atoms with Gasteiger partial charge in [0.1, 0.15) is 0 Å². The van der Waals surface area contributed by atoms with E-state index >= 15 is 0 Å². The lowest BCUT2D eigenvalue weighted by Crippen LogP contribution is -1.86. The van der Waals surface area contributed by atoms with Crippen LogP contribution in [-0.4, -0.2) is 4.98 Å². The lowest BCUT2D eigenvalue weighted by molar-refractivity contribution is 1.33. The second kappa shape index (κ2) is 14.9. The van der Waals surface area contributed by atoms with Gasteiger partial charge in [0.25, 0.3) is 0 Å². The summed E-state index contributed by atoms with van der Waals surface area (Å²) < 4.78 is 58.5. The molecule has 1 aromatic heterocycles. The van der Waals surface area contributed by atoms with Crippen molar-refractivity contribution < 1.29 is 9.60 Å². The van der Waals surface area contributed by atoms with Crippen molar-refractivity contribution >= 4 is 0 Å². The number of hydrogen-bond donors (Lipinski definition) is 0. The Labute approximate surface area is 327 Å². The molecule has 54 heavy (non-hydrogen) atoms. The Bertz CT molecular complexity index is 3110. The normalized spacial score (nSPS) is 12.8. The van der Waals surface area contributed by atoms with Crippen LogP contribution in [0.15, 0.2) is 224 Å². The summed E-state index contributed by atoms with van der Waals surface area (Å²) in [7, 11) is 0. The number of rotatable bonds is 8. The highest BCUT2D eigenvalue weighted by molar-refractivity contribution is 5.82. The van der Waals surface area contributed by atoms with Crippen molar-refractivity contribution in [3.63, 3.8) is 0 Å². The highest BCUT2D eigenvalue weighted by Gasteiger charge is 2.09. The van der Waals surface area contributed by atoms with Crippen LogP contribution in [0.5, 0.6) is 0 Å². The van der Waals surface area contributed by atoms with Crippen LogP contribution in [0, 0.1) is 0 Å². The fourth-order valence-electron chi connectivity index (χ4n) is 6.86. The van der Waals surface area contributed by atoms with E-state index in [1.807, 2.05) is 42.5 Å². The first kappa shape index (κ1) is 25.8. The lowest BCUT2D eigenvalue weighted by Gasteiger charge is -2.11. The van der Waals surface area contributed by atoms with Crippen LogP contribution in [0.2, 0.25) is 0 Å². The molecule has 1 nitrogen and oxygen atoms in total. The van der Waals surface area contributed by atoms with Crippen molar-refractivity contribution in [2.75, 3.05) is 0 Å². The first-order valence-electron chi connectivity index (χ1n) is 21.4. The summed E-state index contributed by atoms with van der Waals surface area (Å²) in [6.07, 6.45) is -0.481. The van der Waals surface area contributed by atoms with Gasteiger partial charge in [-0.15, -0.1) is 0 Å². The van der Waals surface area contributed by atoms with E-state index in [-0.39, 0.29) is 34.9 Å². The number of nitrogens with zero attached hydrogens (tertiary/aromatic N) is 1. The lowest BCUT2D eigenvalue weighted by atomic mass is 9.93. The molecular weight excluding hydrogens is 651 g/mol. The maximum atomic E-state index is 9.00. The molecule has 0 N–H and O–H groups in total. The Kier molecular flexibility index (Phi) is 7.10. The number of pyridine rings is 1. The maximum Gasteiger partial charge on any atom is 0.0840 e. The molecule has 1 heterocycles. The first-order valence-corrected chi connectivity index (χ1v) is 17.9. The highest BCUT2D eigenvalue weighted by Crippen LogP contribution is 2.34. The van der Waals surface area contributed by atoms with E-state index in [1.165, 1.54) is 22.8 Å². The Hall–Kier alpha value is -7.09. The smallest absolute Gasteiger partial charge is 0.0840 e. The quantitative estimate of drug-likeness (QED) is 0.154. The summed E-state index contributed by atoms with van der Waals surface area (Å²) >= 11 is 0. The molecule has 0 saturated heterocycles. The molecule has 254 valence electrons. The molecule has 0 atom stereocenters. The molecule has 1 heteroatoms. The molecule has 8 aromatic carbocycles. The van der Waals surface area contributed by atoms with Crippen LogP contribution in [0.4, 0.5) is 0 Å². The van der Waals surface area contributed by atoms with Crippen LogP contribution in [0.1, 0.15) is 9.60 Å². The van der Waals surface area contributed by atoms with Gasteiger partial charge in [-0.1, -0.05) is 170 Å². The monoisotopic (exact) mass is 694 g/mol. The predicted octanol–water partition coefficient (Wildman–Crippen LogP) is 14.4. The van der Waals surface area contributed by atoms with Gasteiger partial charge in [0.15, 0.2) is 0 Å². The molecular formula is C53H37N. The SMILES string of the molecule is [2H]c1cc(-c2nc([2H])c([2H])c([2H])c2[2H])c([2H])c(-c2ccc(-c3cccc(-c4cccc(-c5cccc(-c6cccc(-c7cccc(-c8ccccc8)c7)c6)c5)c4)c3)cc2)c1[2H]. The van der Waals surface area contributed by atoms with Gasteiger partial charge in [0.2, 0.25) is 0 Å². The predicted molar refractivity (Wildman–Crippen MR) is 228 cm³/mol. The summed E-state index contributed by atoms with van der Waals surface area (Å²) in [5, 5.41) is 0. The third kappa shape index (κ3) is 7.04. The Morgan fingerprint density at radius 3 is 1.09 bits per heavy atom. The molecule has 0 radical (unpaired) electrons. The summed E-state index contributed by atoms with van der Waals surface area (Å²) in [4.78, 5) is 4.02. The van der Waals surface area contributed by atoms with E-state index in [1.54, 1.807) is 0 Å². The molecule has 9 rings (SSSR count). The highest BCUT2D eigenvalue weighted by atomic mass is 14.7. The molecule has 0 saturated carbocycles. The molecule has 0 amide bonds. The minimum Gasteiger partial charge on any atom is -0.256 e. The molecule has 0 unspecified atom stereocenters. The molecule has 0 spiro atoms. The Morgan fingerprint density at radius 2 is 0.648 bits per heavy atom. The van der Waals surface area contributed by atoms with Gasteiger partial charge < -0.3 is 0 Å². The second-order valence-corrected chi connectivity index (χ2v) is 13.1. The van der Waals surface area contributed by atoms with Crippen molar-refractivity contribution in [1.29, 1.82) is 0 Å². The molecule has 0 aliphatic carbocycles. The molecule has 0 bridgehead atoms. The molecule has 0 aliphatic heterocycles. The largest absolute Gasteiger partial charge is 0.256 e. The van der Waals surface area contributed by atoms with Gasteiger partial charge in [-0.2, -0.15) is 0 Å². The van der Waals surface area contributed by atoms with E-state index in [0.29, 0.717) is 5.56 Å². The summed E-state index contributed by atoms with van der Waals surface area (Å²) in [6, 6.07) is 60.3. The summed E-state index contributed by atoms with van der Waals surface area (Å²) in [6.45, 7) is 0. The van der Waals surface area contributed by atoms with E-state index in [4.69, 9.17) is 9.60 Å². The van der Waals surface area contributed by atoms with Gasteiger partial charge in [0.05, 0.1) is 15.3 Å². The fraction of sp³-hybridized carbons (Fsp3) is 0. The first-order chi connectivity index (χ1) is 29.6. The standard InChI is InChI=1S/C53H37N/c1-2-12-38(13-3-1)41-14-6-17-44(32-41)46-19-8-21-48(34-46)50-23-10-24-51(36-50)49-22-9-20-47(35-49)45-18-7-15-42(33-45)39-27-29-40(30-28-39)43-16-11-25-52(37-43)53-26-4-5-31-54-53/h1-37H/i4D,5D,11D,16D,26D,31D,37D. The van der Waals surface area contributed by atoms with E-state index in [9.17, 15) is 0 Å². The van der Waals surface area contributed by atoms with Crippen LogP contribution >= 0.6 is 0 Å². The van der Waals surface area contributed by atoms with Gasteiger partial charge in [-0.05, 0) is 126 Å². The number of benzene rings is 8. The van der Waals surface area contributed by atoms with Gasteiger partial charge in [-0.3, -0.25) is 4.98 Å². The summed E-state index contributed by atoms with van der Waals surface area (Å²) in [5.41, 5.74) is 14.0. The van der Waals surface area contributed by atoms with Gasteiger partial charge in [-0.25, -0.2) is 0 Å². The van der Waals surface area contributed by atoms with Crippen LogP contribution < -0.4 is 0 Å². The average molecular weight is 695 g/mol. The van der Waals surface area contributed by atoms with Gasteiger partial charge >= 0.3 is 0 Å². The maximum absolute atomic E-state index is 9.00. The zero-order valence-electron chi connectivity index (χ0n) is 36.3. The topological polar surface area (TPSA) is 12.9 Å². The third-order valence-corrected chi connectivity index (χ3v) is 9.66. The summed E-state index contributed by atoms with van der Waals surface area (Å²) in [5.74, 6) is 0. The minimum atomic E-state index is -0.481. The van der Waals surface area contributed by atoms with E-state index < -0.39 is 24.3 Å². The van der Waals surface area contributed by atoms with Crippen molar-refractivity contribution in [2.45, 2.75) is 0 Å². The molecule has 0 fully saturated rings. The van der Waals surface area contributed by atoms with E-state index in [0.717, 1.165) is 50.1 Å². The Balaban J connectivity index is 0.982. The van der Waals surface area contributed by atoms with Crippen LogP contribution in [-0.2, 0) is 0 Å². The zero-order valence-corrected chi connectivity index (χ0v) is 29.3. The third-order valence-electron chi connectivity index (χ3n) is 9.66.